The maximum absolute atomic E-state index is 12.7. The summed E-state index contributed by atoms with van der Waals surface area (Å²) in [6.07, 6.45) is 2.98. The van der Waals surface area contributed by atoms with Crippen LogP contribution in [0.3, 0.4) is 0 Å². The number of carbonyl (C=O) groups is 2. The van der Waals surface area contributed by atoms with Crippen molar-refractivity contribution in [1.29, 1.82) is 0 Å². The third-order valence-electron chi connectivity index (χ3n) is 5.28. The molecule has 0 radical (unpaired) electrons. The van der Waals surface area contributed by atoms with Crippen molar-refractivity contribution in [3.05, 3.63) is 60.0 Å². The third kappa shape index (κ3) is 8.01. The van der Waals surface area contributed by atoms with Crippen LogP contribution in [0.1, 0.15) is 44.1 Å². The second-order valence-corrected chi connectivity index (χ2v) is 8.97. The molecule has 1 aromatic carbocycles. The predicted octanol–water partition coefficient (Wildman–Crippen LogP) is 1.11. The number of aliphatic hydroxyl groups excluding tert-OH is 1. The molecule has 36 heavy (non-hydrogen) atoms. The molecule has 3 rings (SSSR count). The van der Waals surface area contributed by atoms with Crippen LogP contribution in [0, 0.1) is 0 Å². The van der Waals surface area contributed by atoms with E-state index in [1.54, 1.807) is 36.6 Å². The average molecular weight is 499 g/mol. The number of rotatable bonds is 14. The molecule has 2 aromatic heterocycles. The van der Waals surface area contributed by atoms with Gasteiger partial charge < -0.3 is 30.9 Å². The zero-order valence-electron chi connectivity index (χ0n) is 20.6. The van der Waals surface area contributed by atoms with Gasteiger partial charge in [0.05, 0.1) is 24.9 Å². The lowest BCUT2D eigenvalue weighted by molar-refractivity contribution is -0.126. The summed E-state index contributed by atoms with van der Waals surface area (Å²) in [4.78, 5) is 24.7. The van der Waals surface area contributed by atoms with E-state index in [0.717, 1.165) is 5.56 Å². The Balaban J connectivity index is 1.72. The Morgan fingerprint density at radius 1 is 1.14 bits per heavy atom. The minimum atomic E-state index is -1.10. The van der Waals surface area contributed by atoms with Gasteiger partial charge in [0.15, 0.2) is 18.1 Å². The van der Waals surface area contributed by atoms with Crippen LogP contribution in [0.25, 0.3) is 5.65 Å². The summed E-state index contributed by atoms with van der Waals surface area (Å²) in [5.74, 6) is 0.248. The van der Waals surface area contributed by atoms with E-state index in [4.69, 9.17) is 20.3 Å². The first kappa shape index (κ1) is 27.1. The van der Waals surface area contributed by atoms with Gasteiger partial charge in [-0.05, 0) is 44.4 Å². The van der Waals surface area contributed by atoms with E-state index in [9.17, 15) is 9.59 Å². The van der Waals surface area contributed by atoms with Crippen molar-refractivity contribution >= 4 is 17.5 Å². The number of carbonyl (C=O) groups excluding carboxylic acids is 2. The normalized spacial score (nSPS) is 12.3. The van der Waals surface area contributed by atoms with Gasteiger partial charge in [0.25, 0.3) is 5.91 Å². The van der Waals surface area contributed by atoms with Gasteiger partial charge >= 0.3 is 0 Å². The Hall–Kier alpha value is -3.54. The fraction of sp³-hybridized carbons (Fsp3) is 0.440. The molecule has 0 unspecified atom stereocenters. The lowest BCUT2D eigenvalue weighted by Crippen LogP contribution is -2.50. The minimum Gasteiger partial charge on any atom is -0.482 e. The Morgan fingerprint density at radius 3 is 2.64 bits per heavy atom. The zero-order chi connectivity index (χ0) is 26.0. The number of hydrogen-bond acceptors (Lipinski definition) is 8. The number of nitrogens with one attached hydrogen (secondary N) is 2. The van der Waals surface area contributed by atoms with Gasteiger partial charge in [-0.1, -0.05) is 30.3 Å². The summed E-state index contributed by atoms with van der Waals surface area (Å²) in [5, 5.41) is 22.9. The molecule has 0 saturated heterocycles. The van der Waals surface area contributed by atoms with Crippen molar-refractivity contribution in [1.82, 2.24) is 25.2 Å². The number of nitrogens with zero attached hydrogens (tertiary/aromatic N) is 3. The maximum Gasteiger partial charge on any atom is 0.257 e. The molecular weight excluding hydrogens is 464 g/mol. The Labute approximate surface area is 210 Å². The molecule has 11 nitrogen and oxygen atoms in total. The first-order chi connectivity index (χ1) is 17.3. The van der Waals surface area contributed by atoms with Crippen molar-refractivity contribution in [3.63, 3.8) is 0 Å². The summed E-state index contributed by atoms with van der Waals surface area (Å²) >= 11 is 0. The SMILES string of the molecule is CC(C)(N)C(=O)N[C@H](COCc1ccccc1)c1nnc2ccc(OCC(=O)NCCCCO)cn12. The highest BCUT2D eigenvalue weighted by molar-refractivity contribution is 5.85. The average Bonchev–Trinajstić information content (AvgIpc) is 3.28. The van der Waals surface area contributed by atoms with Crippen molar-refractivity contribution in [2.24, 2.45) is 5.73 Å². The molecule has 0 aliphatic rings. The first-order valence-corrected chi connectivity index (χ1v) is 11.8. The van der Waals surface area contributed by atoms with Crippen molar-refractivity contribution in [2.45, 2.75) is 44.9 Å². The highest BCUT2D eigenvalue weighted by Crippen LogP contribution is 2.19. The number of aromatic nitrogens is 3. The number of pyridine rings is 1. The molecule has 0 aliphatic carbocycles. The molecule has 3 aromatic rings. The van der Waals surface area contributed by atoms with E-state index in [2.05, 4.69) is 20.8 Å². The summed E-state index contributed by atoms with van der Waals surface area (Å²) < 4.78 is 13.2. The summed E-state index contributed by atoms with van der Waals surface area (Å²) in [6.45, 7) is 4.13. The van der Waals surface area contributed by atoms with Crippen LogP contribution in [-0.4, -0.2) is 63.4 Å². The van der Waals surface area contributed by atoms with Crippen LogP contribution < -0.4 is 21.1 Å². The van der Waals surface area contributed by atoms with E-state index in [-0.39, 0.29) is 31.6 Å². The molecule has 194 valence electrons. The minimum absolute atomic E-state index is 0.0924. The number of unbranched alkanes of at least 4 members (excludes halogenated alkanes) is 1. The first-order valence-electron chi connectivity index (χ1n) is 11.8. The van der Waals surface area contributed by atoms with Crippen molar-refractivity contribution in [3.8, 4) is 5.75 Å². The third-order valence-corrected chi connectivity index (χ3v) is 5.28. The smallest absolute Gasteiger partial charge is 0.257 e. The molecule has 2 amide bonds. The molecule has 0 saturated carbocycles. The molecule has 5 N–H and O–H groups in total. The monoisotopic (exact) mass is 498 g/mol. The van der Waals surface area contributed by atoms with E-state index in [1.165, 1.54) is 0 Å². The number of ether oxygens (including phenoxy) is 2. The number of hydrogen-bond donors (Lipinski definition) is 4. The molecule has 0 fully saturated rings. The van der Waals surface area contributed by atoms with Gasteiger partial charge in [0, 0.05) is 13.2 Å². The molecular formula is C25H34N6O5. The second kappa shape index (κ2) is 13.0. The fourth-order valence-electron chi connectivity index (χ4n) is 3.27. The van der Waals surface area contributed by atoms with Gasteiger partial charge in [-0.2, -0.15) is 0 Å². The Morgan fingerprint density at radius 2 is 1.92 bits per heavy atom. The standard InChI is InChI=1S/C25H34N6O5/c1-25(2,26)24(34)28-20(16-35-15-18-8-4-3-5-9-18)23-30-29-21-11-10-19(14-31(21)23)36-17-22(33)27-12-6-7-13-32/h3-5,8-11,14,20,32H,6-7,12-13,15-17,26H2,1-2H3,(H,27,33)(H,28,34)/t20-/m1/s1. The van der Waals surface area contributed by atoms with Gasteiger partial charge in [0.2, 0.25) is 5.91 Å². The van der Waals surface area contributed by atoms with Crippen molar-refractivity contribution in [2.75, 3.05) is 26.4 Å². The molecule has 0 aliphatic heterocycles. The summed E-state index contributed by atoms with van der Waals surface area (Å²) in [7, 11) is 0. The largest absolute Gasteiger partial charge is 0.482 e. The molecule has 0 spiro atoms. The van der Waals surface area contributed by atoms with Crippen LogP contribution in [0.15, 0.2) is 48.7 Å². The van der Waals surface area contributed by atoms with Crippen LogP contribution in [0.4, 0.5) is 0 Å². The second-order valence-electron chi connectivity index (χ2n) is 8.97. The van der Waals surface area contributed by atoms with Crippen LogP contribution >= 0.6 is 0 Å². The van der Waals surface area contributed by atoms with Gasteiger partial charge in [-0.15, -0.1) is 10.2 Å². The van der Waals surface area contributed by atoms with Crippen molar-refractivity contribution < 1.29 is 24.2 Å². The zero-order valence-corrected chi connectivity index (χ0v) is 20.6. The van der Waals surface area contributed by atoms with Crippen LogP contribution in [0.2, 0.25) is 0 Å². The quantitative estimate of drug-likeness (QED) is 0.241. The van der Waals surface area contributed by atoms with E-state index >= 15 is 0 Å². The maximum atomic E-state index is 12.7. The van der Waals surface area contributed by atoms with Gasteiger partial charge in [-0.25, -0.2) is 0 Å². The van der Waals surface area contributed by atoms with E-state index in [0.29, 0.717) is 43.2 Å². The number of aliphatic hydroxyl groups is 1. The lowest BCUT2D eigenvalue weighted by atomic mass is 10.1. The number of amides is 2. The molecule has 11 heteroatoms. The van der Waals surface area contributed by atoms with Gasteiger partial charge in [0.1, 0.15) is 11.8 Å². The fourth-order valence-corrected chi connectivity index (χ4v) is 3.27. The number of fused-ring (bicyclic) bond motifs is 1. The topological polar surface area (TPSA) is 153 Å². The highest BCUT2D eigenvalue weighted by Gasteiger charge is 2.28. The summed E-state index contributed by atoms with van der Waals surface area (Å²) in [6, 6.07) is 12.5. The van der Waals surface area contributed by atoms with Crippen LogP contribution in [0.5, 0.6) is 5.75 Å². The van der Waals surface area contributed by atoms with E-state index < -0.39 is 11.6 Å². The molecule has 1 atom stereocenters. The van der Waals surface area contributed by atoms with E-state index in [1.807, 2.05) is 30.3 Å². The molecule has 0 bridgehead atoms. The highest BCUT2D eigenvalue weighted by atomic mass is 16.5. The number of benzene rings is 1. The van der Waals surface area contributed by atoms with Gasteiger partial charge in [-0.3, -0.25) is 14.0 Å². The Bertz CT molecular complexity index is 1130. The summed E-state index contributed by atoms with van der Waals surface area (Å²) in [5.41, 5.74) is 6.43. The molecule has 2 heterocycles. The predicted molar refractivity (Wildman–Crippen MR) is 133 cm³/mol. The number of nitrogens with two attached hydrogens (primary N) is 1. The van der Waals surface area contributed by atoms with Crippen LogP contribution in [-0.2, 0) is 20.9 Å². The lowest BCUT2D eigenvalue weighted by Gasteiger charge is -2.23. The Kier molecular flexibility index (Phi) is 9.74.